The van der Waals surface area contributed by atoms with Crippen LogP contribution in [0, 0.1) is 0 Å². The van der Waals surface area contributed by atoms with E-state index in [2.05, 4.69) is 4.72 Å². The lowest BCUT2D eigenvalue weighted by atomic mass is 10.2. The van der Waals surface area contributed by atoms with Gasteiger partial charge in [-0.2, -0.15) is 0 Å². The minimum Gasteiger partial charge on any atom is -0.478 e. The summed E-state index contributed by atoms with van der Waals surface area (Å²) in [7, 11) is -3.70. The highest BCUT2D eigenvalue weighted by Crippen LogP contribution is 2.20. The van der Waals surface area contributed by atoms with Crippen molar-refractivity contribution in [2.45, 2.75) is 24.2 Å². The molecule has 20 heavy (non-hydrogen) atoms. The van der Waals surface area contributed by atoms with Gasteiger partial charge in [0, 0.05) is 13.2 Å². The summed E-state index contributed by atoms with van der Waals surface area (Å²) in [5.74, 6) is -1.21. The number of carboxylic acid groups (broad SMARTS) is 1. The number of rotatable bonds is 8. The van der Waals surface area contributed by atoms with Crippen molar-refractivity contribution in [2.75, 3.05) is 13.2 Å². The van der Waals surface area contributed by atoms with Crippen molar-refractivity contribution in [1.82, 2.24) is 4.72 Å². The van der Waals surface area contributed by atoms with Gasteiger partial charge in [-0.3, -0.25) is 0 Å². The molecule has 3 N–H and O–H groups in total. The highest BCUT2D eigenvalue weighted by molar-refractivity contribution is 7.89. The van der Waals surface area contributed by atoms with Crippen LogP contribution in [0.4, 0.5) is 0 Å². The molecule has 0 saturated heterocycles. The SMILES string of the molecule is O=C(O)c1ccc(S(=O)(=O)NCCCCCO)cc1Cl. The smallest absolute Gasteiger partial charge is 0.337 e. The topological polar surface area (TPSA) is 104 Å². The molecular formula is C12H16ClNO5S. The fraction of sp³-hybridized carbons (Fsp3) is 0.417. The maximum absolute atomic E-state index is 11.9. The fourth-order valence-electron chi connectivity index (χ4n) is 1.54. The molecule has 0 bridgehead atoms. The summed E-state index contributed by atoms with van der Waals surface area (Å²) in [4.78, 5) is 10.7. The van der Waals surface area contributed by atoms with E-state index < -0.39 is 16.0 Å². The number of hydrogen-bond donors (Lipinski definition) is 3. The number of aromatic carboxylic acids is 1. The van der Waals surface area contributed by atoms with Crippen LogP contribution in [0.1, 0.15) is 29.6 Å². The molecule has 0 radical (unpaired) electrons. The fourth-order valence-corrected chi connectivity index (χ4v) is 2.97. The molecule has 0 spiro atoms. The van der Waals surface area contributed by atoms with Gasteiger partial charge >= 0.3 is 5.97 Å². The van der Waals surface area contributed by atoms with E-state index in [4.69, 9.17) is 21.8 Å². The van der Waals surface area contributed by atoms with Crippen molar-refractivity contribution in [3.05, 3.63) is 28.8 Å². The average molecular weight is 322 g/mol. The van der Waals surface area contributed by atoms with Crippen LogP contribution in [0.5, 0.6) is 0 Å². The quantitative estimate of drug-likeness (QED) is 0.629. The van der Waals surface area contributed by atoms with Gasteiger partial charge in [-0.25, -0.2) is 17.9 Å². The van der Waals surface area contributed by atoms with E-state index in [1.807, 2.05) is 0 Å². The highest BCUT2D eigenvalue weighted by atomic mass is 35.5. The average Bonchev–Trinajstić information content (AvgIpc) is 2.37. The maximum atomic E-state index is 11.9. The number of aliphatic hydroxyl groups is 1. The third-order valence-corrected chi connectivity index (χ3v) is 4.38. The van der Waals surface area contributed by atoms with E-state index in [0.29, 0.717) is 12.8 Å². The molecule has 0 unspecified atom stereocenters. The molecule has 1 aromatic rings. The summed E-state index contributed by atoms with van der Waals surface area (Å²) >= 11 is 5.73. The first-order valence-corrected chi connectivity index (χ1v) is 7.88. The third-order valence-electron chi connectivity index (χ3n) is 2.61. The van der Waals surface area contributed by atoms with Gasteiger partial charge in [0.25, 0.3) is 0 Å². The Morgan fingerprint density at radius 1 is 1.25 bits per heavy atom. The number of aliphatic hydroxyl groups excluding tert-OH is 1. The second kappa shape index (κ2) is 7.58. The molecule has 0 amide bonds. The van der Waals surface area contributed by atoms with Crippen LogP contribution in [0.2, 0.25) is 5.02 Å². The molecule has 8 heteroatoms. The number of benzene rings is 1. The summed E-state index contributed by atoms with van der Waals surface area (Å²) < 4.78 is 26.3. The second-order valence-electron chi connectivity index (χ2n) is 4.13. The van der Waals surface area contributed by atoms with Gasteiger partial charge in [0.15, 0.2) is 0 Å². The lowest BCUT2D eigenvalue weighted by Gasteiger charge is -2.08. The van der Waals surface area contributed by atoms with E-state index in [-0.39, 0.29) is 28.6 Å². The van der Waals surface area contributed by atoms with Crippen LogP contribution in [-0.4, -0.2) is 37.8 Å². The number of unbranched alkanes of at least 4 members (excludes halogenated alkanes) is 2. The second-order valence-corrected chi connectivity index (χ2v) is 6.30. The van der Waals surface area contributed by atoms with E-state index in [9.17, 15) is 13.2 Å². The zero-order valence-corrected chi connectivity index (χ0v) is 12.2. The predicted molar refractivity (Wildman–Crippen MR) is 74.5 cm³/mol. The van der Waals surface area contributed by atoms with Crippen molar-refractivity contribution in [3.63, 3.8) is 0 Å². The molecule has 0 fully saturated rings. The lowest BCUT2D eigenvalue weighted by Crippen LogP contribution is -2.25. The first kappa shape index (κ1) is 16.9. The molecule has 0 atom stereocenters. The van der Waals surface area contributed by atoms with E-state index in [1.54, 1.807) is 0 Å². The van der Waals surface area contributed by atoms with Crippen molar-refractivity contribution >= 4 is 27.6 Å². The van der Waals surface area contributed by atoms with Crippen LogP contribution >= 0.6 is 11.6 Å². The third kappa shape index (κ3) is 4.75. The van der Waals surface area contributed by atoms with Crippen LogP contribution in [0.25, 0.3) is 0 Å². The van der Waals surface area contributed by atoms with E-state index in [1.165, 1.54) is 6.07 Å². The number of sulfonamides is 1. The van der Waals surface area contributed by atoms with Crippen molar-refractivity contribution in [2.24, 2.45) is 0 Å². The van der Waals surface area contributed by atoms with Gasteiger partial charge in [0.05, 0.1) is 15.5 Å². The molecule has 1 aromatic carbocycles. The van der Waals surface area contributed by atoms with Crippen molar-refractivity contribution < 1.29 is 23.4 Å². The molecule has 0 aliphatic carbocycles. The van der Waals surface area contributed by atoms with Crippen LogP contribution < -0.4 is 4.72 Å². The Morgan fingerprint density at radius 3 is 2.50 bits per heavy atom. The Labute approximate surface area is 122 Å². The Bertz CT molecular complexity index is 573. The van der Waals surface area contributed by atoms with Crippen LogP contribution in [-0.2, 0) is 10.0 Å². The van der Waals surface area contributed by atoms with Gasteiger partial charge in [0.1, 0.15) is 0 Å². The zero-order chi connectivity index (χ0) is 15.2. The Morgan fingerprint density at radius 2 is 1.95 bits per heavy atom. The summed E-state index contributed by atoms with van der Waals surface area (Å²) in [5, 5.41) is 17.3. The summed E-state index contributed by atoms with van der Waals surface area (Å²) in [6.45, 7) is 0.333. The van der Waals surface area contributed by atoms with Gasteiger partial charge in [-0.15, -0.1) is 0 Å². The predicted octanol–water partition coefficient (Wildman–Crippen LogP) is 1.48. The first-order chi connectivity index (χ1) is 9.38. The summed E-state index contributed by atoms with van der Waals surface area (Å²) in [6.07, 6.45) is 1.96. The lowest BCUT2D eigenvalue weighted by molar-refractivity contribution is 0.0697. The molecule has 0 aliphatic rings. The standard InChI is InChI=1S/C12H16ClNO5S/c13-11-8-9(4-5-10(11)12(16)17)20(18,19)14-6-2-1-3-7-15/h4-5,8,14-15H,1-3,6-7H2,(H,16,17). The zero-order valence-electron chi connectivity index (χ0n) is 10.7. The van der Waals surface area contributed by atoms with Crippen molar-refractivity contribution in [1.29, 1.82) is 0 Å². The summed E-state index contributed by atoms with van der Waals surface area (Å²) in [6, 6.07) is 3.47. The molecule has 0 aliphatic heterocycles. The summed E-state index contributed by atoms with van der Waals surface area (Å²) in [5.41, 5.74) is -0.145. The molecule has 6 nitrogen and oxygen atoms in total. The molecule has 1 rings (SSSR count). The van der Waals surface area contributed by atoms with Crippen LogP contribution in [0.3, 0.4) is 0 Å². The number of carbonyl (C=O) groups is 1. The van der Waals surface area contributed by atoms with E-state index in [0.717, 1.165) is 18.6 Å². The van der Waals surface area contributed by atoms with Gasteiger partial charge in [0.2, 0.25) is 10.0 Å². The van der Waals surface area contributed by atoms with Gasteiger partial charge < -0.3 is 10.2 Å². The van der Waals surface area contributed by atoms with Gasteiger partial charge in [-0.1, -0.05) is 11.6 Å². The maximum Gasteiger partial charge on any atom is 0.337 e. The normalized spacial score (nSPS) is 11.5. The molecule has 0 aromatic heterocycles. The molecular weight excluding hydrogens is 306 g/mol. The van der Waals surface area contributed by atoms with Gasteiger partial charge in [-0.05, 0) is 37.5 Å². The number of halogens is 1. The number of carboxylic acids is 1. The Hall–Kier alpha value is -1.15. The molecule has 0 heterocycles. The highest BCUT2D eigenvalue weighted by Gasteiger charge is 2.17. The van der Waals surface area contributed by atoms with Crippen LogP contribution in [0.15, 0.2) is 23.1 Å². The Kier molecular flexibility index (Phi) is 6.41. The number of hydrogen-bond acceptors (Lipinski definition) is 4. The van der Waals surface area contributed by atoms with Crippen molar-refractivity contribution in [3.8, 4) is 0 Å². The Balaban J connectivity index is 2.73. The number of nitrogens with one attached hydrogen (secondary N) is 1. The largest absolute Gasteiger partial charge is 0.478 e. The molecule has 0 saturated carbocycles. The molecule has 112 valence electrons. The minimum absolute atomic E-state index is 0.0744. The van der Waals surface area contributed by atoms with E-state index >= 15 is 0 Å². The monoisotopic (exact) mass is 321 g/mol. The minimum atomic E-state index is -3.70. The first-order valence-electron chi connectivity index (χ1n) is 6.02.